The normalized spacial score (nSPS) is 11.7. The maximum Gasteiger partial charge on any atom is 0.233 e. The Bertz CT molecular complexity index is 534. The second kappa shape index (κ2) is 5.67. The number of fused-ring (bicyclic) bond motifs is 1. The van der Waals surface area contributed by atoms with Gasteiger partial charge in [0, 0.05) is 6.54 Å². The molecule has 0 saturated carbocycles. The SMILES string of the molecule is CCC(CC)(CN)C(=O)Nc1nc2ccccc2s1. The fourth-order valence-corrected chi connectivity index (χ4v) is 2.97. The number of thiazole rings is 1. The predicted molar refractivity (Wildman–Crippen MR) is 80.3 cm³/mol. The third kappa shape index (κ3) is 2.62. The van der Waals surface area contributed by atoms with Crippen LogP contribution in [0.4, 0.5) is 5.13 Å². The zero-order chi connectivity index (χ0) is 13.9. The van der Waals surface area contributed by atoms with E-state index in [-0.39, 0.29) is 5.91 Å². The predicted octanol–water partition coefficient (Wildman–Crippen LogP) is 3.00. The van der Waals surface area contributed by atoms with Crippen molar-refractivity contribution in [2.24, 2.45) is 11.1 Å². The van der Waals surface area contributed by atoms with Crippen LogP contribution in [0.1, 0.15) is 26.7 Å². The molecular weight excluding hydrogens is 258 g/mol. The first-order valence-electron chi connectivity index (χ1n) is 6.52. The number of benzene rings is 1. The highest BCUT2D eigenvalue weighted by Crippen LogP contribution is 2.30. The fourth-order valence-electron chi connectivity index (χ4n) is 2.11. The van der Waals surface area contributed by atoms with Crippen molar-refractivity contribution < 1.29 is 4.79 Å². The van der Waals surface area contributed by atoms with Gasteiger partial charge in [0.1, 0.15) is 0 Å². The van der Waals surface area contributed by atoms with Crippen LogP contribution in [0.15, 0.2) is 24.3 Å². The standard InChI is InChI=1S/C14H19N3OS/c1-3-14(4-2,9-15)12(18)17-13-16-10-7-5-6-8-11(10)19-13/h5-8H,3-4,9,15H2,1-2H3,(H,16,17,18). The summed E-state index contributed by atoms with van der Waals surface area (Å²) in [6.07, 6.45) is 1.47. The summed E-state index contributed by atoms with van der Waals surface area (Å²) >= 11 is 1.49. The first-order chi connectivity index (χ1) is 9.15. The van der Waals surface area contributed by atoms with Crippen molar-refractivity contribution in [2.45, 2.75) is 26.7 Å². The van der Waals surface area contributed by atoms with E-state index in [2.05, 4.69) is 10.3 Å². The summed E-state index contributed by atoms with van der Waals surface area (Å²) in [5.74, 6) is -0.0287. The summed E-state index contributed by atoms with van der Waals surface area (Å²) in [4.78, 5) is 16.8. The highest BCUT2D eigenvalue weighted by atomic mass is 32.1. The largest absolute Gasteiger partial charge is 0.329 e. The third-order valence-corrected chi connectivity index (χ3v) is 4.69. The van der Waals surface area contributed by atoms with Gasteiger partial charge < -0.3 is 11.1 Å². The number of aromatic nitrogens is 1. The van der Waals surface area contributed by atoms with Crippen molar-refractivity contribution in [1.82, 2.24) is 4.98 Å². The number of para-hydroxylation sites is 1. The van der Waals surface area contributed by atoms with Crippen LogP contribution in [0.25, 0.3) is 10.2 Å². The molecule has 2 rings (SSSR count). The molecule has 0 aliphatic rings. The number of carbonyl (C=O) groups excluding carboxylic acids is 1. The molecule has 0 radical (unpaired) electrons. The second-order valence-electron chi connectivity index (χ2n) is 4.63. The lowest BCUT2D eigenvalue weighted by Gasteiger charge is -2.27. The Balaban J connectivity index is 2.22. The molecule has 102 valence electrons. The van der Waals surface area contributed by atoms with Crippen molar-refractivity contribution in [3.63, 3.8) is 0 Å². The van der Waals surface area contributed by atoms with Crippen LogP contribution in [0.5, 0.6) is 0 Å². The van der Waals surface area contributed by atoms with Crippen LogP contribution >= 0.6 is 11.3 Å². The fraction of sp³-hybridized carbons (Fsp3) is 0.429. The highest BCUT2D eigenvalue weighted by molar-refractivity contribution is 7.22. The molecule has 0 fully saturated rings. The summed E-state index contributed by atoms with van der Waals surface area (Å²) in [6.45, 7) is 4.35. The first kappa shape index (κ1) is 14.0. The van der Waals surface area contributed by atoms with Gasteiger partial charge in [-0.25, -0.2) is 4.98 Å². The molecule has 1 amide bonds. The number of hydrogen-bond acceptors (Lipinski definition) is 4. The minimum absolute atomic E-state index is 0.0287. The Morgan fingerprint density at radius 2 is 2.05 bits per heavy atom. The van der Waals surface area contributed by atoms with Gasteiger partial charge in [-0.2, -0.15) is 0 Å². The Morgan fingerprint density at radius 3 is 2.63 bits per heavy atom. The molecule has 3 N–H and O–H groups in total. The first-order valence-corrected chi connectivity index (χ1v) is 7.34. The Morgan fingerprint density at radius 1 is 1.37 bits per heavy atom. The molecule has 0 aliphatic carbocycles. The maximum absolute atomic E-state index is 12.4. The summed E-state index contributed by atoms with van der Waals surface area (Å²) in [6, 6.07) is 7.85. The molecule has 0 bridgehead atoms. The monoisotopic (exact) mass is 277 g/mol. The number of carbonyl (C=O) groups is 1. The Labute approximate surface area is 117 Å². The molecule has 1 aromatic heterocycles. The average molecular weight is 277 g/mol. The summed E-state index contributed by atoms with van der Waals surface area (Å²) in [5.41, 5.74) is 6.20. The quantitative estimate of drug-likeness (QED) is 0.882. The van der Waals surface area contributed by atoms with E-state index in [4.69, 9.17) is 5.73 Å². The molecule has 2 aromatic rings. The number of rotatable bonds is 5. The Hall–Kier alpha value is -1.46. The van der Waals surface area contributed by atoms with Gasteiger partial charge in [0.15, 0.2) is 5.13 Å². The lowest BCUT2D eigenvalue weighted by molar-refractivity contribution is -0.125. The van der Waals surface area contributed by atoms with Gasteiger partial charge in [-0.05, 0) is 25.0 Å². The lowest BCUT2D eigenvalue weighted by Crippen LogP contribution is -2.41. The molecule has 1 heterocycles. The second-order valence-corrected chi connectivity index (χ2v) is 5.66. The zero-order valence-electron chi connectivity index (χ0n) is 11.3. The molecule has 0 aliphatic heterocycles. The van der Waals surface area contributed by atoms with Gasteiger partial charge in [0.05, 0.1) is 15.6 Å². The van der Waals surface area contributed by atoms with E-state index in [0.717, 1.165) is 23.1 Å². The number of hydrogen-bond donors (Lipinski definition) is 2. The molecule has 4 nitrogen and oxygen atoms in total. The van der Waals surface area contributed by atoms with Crippen LogP contribution in [-0.4, -0.2) is 17.4 Å². The molecule has 0 spiro atoms. The van der Waals surface area contributed by atoms with E-state index in [1.54, 1.807) is 0 Å². The zero-order valence-corrected chi connectivity index (χ0v) is 12.1. The van der Waals surface area contributed by atoms with Gasteiger partial charge in [-0.3, -0.25) is 4.79 Å². The van der Waals surface area contributed by atoms with Crippen LogP contribution in [0.2, 0.25) is 0 Å². The van der Waals surface area contributed by atoms with E-state index < -0.39 is 5.41 Å². The molecule has 1 aromatic carbocycles. The molecular formula is C14H19N3OS. The Kier molecular flexibility index (Phi) is 4.17. The molecule has 19 heavy (non-hydrogen) atoms. The van der Waals surface area contributed by atoms with E-state index in [9.17, 15) is 4.79 Å². The van der Waals surface area contributed by atoms with Crippen LogP contribution < -0.4 is 11.1 Å². The van der Waals surface area contributed by atoms with Gasteiger partial charge in [-0.1, -0.05) is 37.3 Å². The van der Waals surface area contributed by atoms with E-state index in [1.165, 1.54) is 11.3 Å². The number of amides is 1. The van der Waals surface area contributed by atoms with E-state index in [1.807, 2.05) is 38.1 Å². The average Bonchev–Trinajstić information content (AvgIpc) is 2.83. The van der Waals surface area contributed by atoms with Crippen molar-refractivity contribution in [3.05, 3.63) is 24.3 Å². The van der Waals surface area contributed by atoms with Crippen LogP contribution in [0, 0.1) is 5.41 Å². The topological polar surface area (TPSA) is 68.0 Å². The number of nitrogens with two attached hydrogens (primary N) is 1. The van der Waals surface area contributed by atoms with Crippen molar-refractivity contribution in [1.29, 1.82) is 0 Å². The number of nitrogens with one attached hydrogen (secondary N) is 1. The van der Waals surface area contributed by atoms with Gasteiger partial charge in [0.25, 0.3) is 0 Å². The molecule has 0 unspecified atom stereocenters. The van der Waals surface area contributed by atoms with Gasteiger partial charge in [-0.15, -0.1) is 0 Å². The lowest BCUT2D eigenvalue weighted by atomic mass is 9.81. The third-order valence-electron chi connectivity index (χ3n) is 3.74. The number of anilines is 1. The van der Waals surface area contributed by atoms with E-state index >= 15 is 0 Å². The minimum atomic E-state index is -0.488. The van der Waals surface area contributed by atoms with Crippen LogP contribution in [0.3, 0.4) is 0 Å². The van der Waals surface area contributed by atoms with Crippen molar-refractivity contribution in [2.75, 3.05) is 11.9 Å². The minimum Gasteiger partial charge on any atom is -0.329 e. The van der Waals surface area contributed by atoms with Gasteiger partial charge in [0.2, 0.25) is 5.91 Å². The smallest absolute Gasteiger partial charge is 0.233 e. The van der Waals surface area contributed by atoms with Crippen molar-refractivity contribution in [3.8, 4) is 0 Å². The summed E-state index contributed by atoms with van der Waals surface area (Å²) in [5, 5.41) is 3.56. The molecule has 0 saturated heterocycles. The summed E-state index contributed by atoms with van der Waals surface area (Å²) in [7, 11) is 0. The summed E-state index contributed by atoms with van der Waals surface area (Å²) < 4.78 is 1.07. The van der Waals surface area contributed by atoms with Crippen LogP contribution in [-0.2, 0) is 4.79 Å². The highest BCUT2D eigenvalue weighted by Gasteiger charge is 2.33. The molecule has 5 heteroatoms. The van der Waals surface area contributed by atoms with E-state index in [0.29, 0.717) is 11.7 Å². The van der Waals surface area contributed by atoms with Gasteiger partial charge >= 0.3 is 0 Å². The molecule has 0 atom stereocenters. The van der Waals surface area contributed by atoms with Crippen molar-refractivity contribution >= 4 is 32.6 Å². The maximum atomic E-state index is 12.4. The number of nitrogens with zero attached hydrogens (tertiary/aromatic N) is 1.